The van der Waals surface area contributed by atoms with Crippen molar-refractivity contribution in [3.63, 3.8) is 0 Å². The van der Waals surface area contributed by atoms with Crippen molar-refractivity contribution in [3.8, 4) is 0 Å². The summed E-state index contributed by atoms with van der Waals surface area (Å²) in [5.74, 6) is 1.27. The van der Waals surface area contributed by atoms with Gasteiger partial charge in [0.2, 0.25) is 5.89 Å². The Morgan fingerprint density at radius 2 is 2.18 bits per heavy atom. The zero-order chi connectivity index (χ0) is 15.7. The monoisotopic (exact) mass is 336 g/mol. The standard InChI is InChI=1S/C15H17ClN4OS/c1-4-7-20-13-6-5-11(16)8-12(13)18-15(20)22-9(2)14-17-10(3)19-21-14/h5-6,8-9H,4,7H2,1-3H3. The molecule has 0 saturated heterocycles. The Morgan fingerprint density at radius 1 is 1.36 bits per heavy atom. The van der Waals surface area contributed by atoms with Crippen LogP contribution in [0.2, 0.25) is 5.02 Å². The highest BCUT2D eigenvalue weighted by atomic mass is 35.5. The Bertz CT molecular complexity index is 798. The third kappa shape index (κ3) is 2.98. The Hall–Kier alpha value is -1.53. The minimum absolute atomic E-state index is 0.0455. The second kappa shape index (κ2) is 6.30. The molecule has 2 aromatic heterocycles. The van der Waals surface area contributed by atoms with Gasteiger partial charge in [0.15, 0.2) is 11.0 Å². The summed E-state index contributed by atoms with van der Waals surface area (Å²) in [5.41, 5.74) is 2.01. The lowest BCUT2D eigenvalue weighted by Gasteiger charge is -2.09. The number of thioether (sulfide) groups is 1. The predicted octanol–water partition coefficient (Wildman–Crippen LogP) is 4.64. The van der Waals surface area contributed by atoms with Crippen molar-refractivity contribution in [2.75, 3.05) is 0 Å². The van der Waals surface area contributed by atoms with Crippen molar-refractivity contribution in [1.29, 1.82) is 0 Å². The van der Waals surface area contributed by atoms with E-state index in [9.17, 15) is 0 Å². The highest BCUT2D eigenvalue weighted by molar-refractivity contribution is 7.99. The minimum atomic E-state index is 0.0455. The van der Waals surface area contributed by atoms with Crippen LogP contribution < -0.4 is 0 Å². The van der Waals surface area contributed by atoms with E-state index < -0.39 is 0 Å². The number of imidazole rings is 1. The van der Waals surface area contributed by atoms with E-state index in [2.05, 4.69) is 21.6 Å². The minimum Gasteiger partial charge on any atom is -0.338 e. The van der Waals surface area contributed by atoms with Crippen LogP contribution in [0.25, 0.3) is 11.0 Å². The van der Waals surface area contributed by atoms with Crippen LogP contribution in [-0.2, 0) is 6.54 Å². The van der Waals surface area contributed by atoms with Crippen LogP contribution in [-0.4, -0.2) is 19.7 Å². The summed E-state index contributed by atoms with van der Waals surface area (Å²) in [7, 11) is 0. The van der Waals surface area contributed by atoms with Crippen LogP contribution in [0.3, 0.4) is 0 Å². The van der Waals surface area contributed by atoms with Crippen LogP contribution in [0.4, 0.5) is 0 Å². The summed E-state index contributed by atoms with van der Waals surface area (Å²) in [6.45, 7) is 6.93. The first-order valence-electron chi connectivity index (χ1n) is 7.21. The van der Waals surface area contributed by atoms with Gasteiger partial charge >= 0.3 is 0 Å². The molecule has 1 unspecified atom stereocenters. The van der Waals surface area contributed by atoms with Gasteiger partial charge in [0.1, 0.15) is 0 Å². The van der Waals surface area contributed by atoms with Crippen LogP contribution in [0.1, 0.15) is 37.2 Å². The van der Waals surface area contributed by atoms with Crippen molar-refractivity contribution in [1.82, 2.24) is 19.7 Å². The lowest BCUT2D eigenvalue weighted by molar-refractivity contribution is 0.376. The topological polar surface area (TPSA) is 56.7 Å². The number of nitrogens with zero attached hydrogens (tertiary/aromatic N) is 4. The molecule has 0 amide bonds. The first-order valence-corrected chi connectivity index (χ1v) is 8.47. The van der Waals surface area contributed by atoms with Crippen molar-refractivity contribution in [2.45, 2.75) is 44.1 Å². The van der Waals surface area contributed by atoms with Crippen molar-refractivity contribution in [3.05, 3.63) is 34.9 Å². The number of aryl methyl sites for hydroxylation is 2. The van der Waals surface area contributed by atoms with Crippen molar-refractivity contribution >= 4 is 34.4 Å². The molecule has 1 aromatic carbocycles. The SMILES string of the molecule is CCCn1c(SC(C)c2nc(C)no2)nc2cc(Cl)ccc21. The Kier molecular flexibility index (Phi) is 4.40. The van der Waals surface area contributed by atoms with Crippen molar-refractivity contribution < 1.29 is 4.52 Å². The maximum absolute atomic E-state index is 6.07. The summed E-state index contributed by atoms with van der Waals surface area (Å²) in [6, 6.07) is 5.82. The molecular weight excluding hydrogens is 320 g/mol. The molecule has 22 heavy (non-hydrogen) atoms. The lowest BCUT2D eigenvalue weighted by Crippen LogP contribution is -2.00. The smallest absolute Gasteiger partial charge is 0.239 e. The van der Waals surface area contributed by atoms with Gasteiger partial charge in [-0.2, -0.15) is 4.98 Å². The summed E-state index contributed by atoms with van der Waals surface area (Å²) >= 11 is 7.69. The molecule has 0 aliphatic rings. The largest absolute Gasteiger partial charge is 0.338 e. The van der Waals surface area contributed by atoms with E-state index in [1.54, 1.807) is 11.8 Å². The third-order valence-electron chi connectivity index (χ3n) is 3.30. The average Bonchev–Trinajstić information content (AvgIpc) is 3.04. The molecule has 0 aliphatic carbocycles. The zero-order valence-corrected chi connectivity index (χ0v) is 14.3. The summed E-state index contributed by atoms with van der Waals surface area (Å²) in [6.07, 6.45) is 1.04. The molecule has 0 N–H and O–H groups in total. The van der Waals surface area contributed by atoms with Gasteiger partial charge in [-0.1, -0.05) is 35.4 Å². The fourth-order valence-electron chi connectivity index (χ4n) is 2.30. The van der Waals surface area contributed by atoms with Gasteiger partial charge in [-0.25, -0.2) is 4.98 Å². The molecule has 5 nitrogen and oxygen atoms in total. The van der Waals surface area contributed by atoms with Gasteiger partial charge in [-0.05, 0) is 38.5 Å². The number of hydrogen-bond acceptors (Lipinski definition) is 5. The van der Waals surface area contributed by atoms with E-state index in [1.165, 1.54) is 0 Å². The molecule has 0 spiro atoms. The van der Waals surface area contributed by atoms with Crippen LogP contribution >= 0.6 is 23.4 Å². The predicted molar refractivity (Wildman–Crippen MR) is 88.3 cm³/mol. The molecule has 3 aromatic rings. The summed E-state index contributed by atoms with van der Waals surface area (Å²) in [5, 5.41) is 5.54. The van der Waals surface area contributed by atoms with Gasteiger partial charge in [0.05, 0.1) is 16.3 Å². The highest BCUT2D eigenvalue weighted by Gasteiger charge is 2.19. The number of halogens is 1. The molecule has 0 fully saturated rings. The molecule has 116 valence electrons. The number of fused-ring (bicyclic) bond motifs is 1. The Labute approximate surface area is 138 Å². The van der Waals surface area contributed by atoms with E-state index in [1.807, 2.05) is 32.0 Å². The van der Waals surface area contributed by atoms with E-state index in [0.717, 1.165) is 29.2 Å². The van der Waals surface area contributed by atoms with Crippen LogP contribution in [0.5, 0.6) is 0 Å². The van der Waals surface area contributed by atoms with E-state index in [-0.39, 0.29) is 5.25 Å². The average molecular weight is 337 g/mol. The van der Waals surface area contributed by atoms with Gasteiger partial charge in [-0.15, -0.1) is 0 Å². The quantitative estimate of drug-likeness (QED) is 0.635. The second-order valence-corrected chi connectivity index (χ2v) is 6.86. The third-order valence-corrected chi connectivity index (χ3v) is 4.61. The van der Waals surface area contributed by atoms with Gasteiger partial charge < -0.3 is 9.09 Å². The fraction of sp³-hybridized carbons (Fsp3) is 0.400. The molecule has 0 aliphatic heterocycles. The Morgan fingerprint density at radius 3 is 2.86 bits per heavy atom. The van der Waals surface area contributed by atoms with E-state index >= 15 is 0 Å². The number of rotatable bonds is 5. The highest BCUT2D eigenvalue weighted by Crippen LogP contribution is 2.35. The van der Waals surface area contributed by atoms with Gasteiger partial charge in [0.25, 0.3) is 0 Å². The first-order chi connectivity index (χ1) is 10.6. The fourth-order valence-corrected chi connectivity index (χ4v) is 3.44. The van der Waals surface area contributed by atoms with Crippen molar-refractivity contribution in [2.24, 2.45) is 0 Å². The molecule has 1 atom stereocenters. The van der Waals surface area contributed by atoms with Crippen LogP contribution in [0.15, 0.2) is 27.9 Å². The molecule has 3 rings (SSSR count). The lowest BCUT2D eigenvalue weighted by atomic mass is 10.3. The molecule has 0 saturated carbocycles. The maximum atomic E-state index is 6.07. The molecule has 0 bridgehead atoms. The first kappa shape index (κ1) is 15.4. The number of aromatic nitrogens is 4. The zero-order valence-electron chi connectivity index (χ0n) is 12.7. The van der Waals surface area contributed by atoms with Gasteiger partial charge in [-0.3, -0.25) is 0 Å². The molecule has 0 radical (unpaired) electrons. The van der Waals surface area contributed by atoms with Crippen LogP contribution in [0, 0.1) is 6.92 Å². The summed E-state index contributed by atoms with van der Waals surface area (Å²) < 4.78 is 7.47. The molecule has 2 heterocycles. The second-order valence-electron chi connectivity index (χ2n) is 5.12. The van der Waals surface area contributed by atoms with E-state index in [4.69, 9.17) is 21.1 Å². The number of benzene rings is 1. The molecule has 7 heteroatoms. The maximum Gasteiger partial charge on any atom is 0.239 e. The molecular formula is C15H17ClN4OS. The van der Waals surface area contributed by atoms with E-state index in [0.29, 0.717) is 16.7 Å². The normalized spacial score (nSPS) is 12.9. The summed E-state index contributed by atoms with van der Waals surface area (Å²) in [4.78, 5) is 9.01. The van der Waals surface area contributed by atoms with Gasteiger partial charge in [0, 0.05) is 11.6 Å². The Balaban J connectivity index is 1.96. The number of hydrogen-bond donors (Lipinski definition) is 0.